The molecule has 0 saturated heterocycles. The minimum Gasteiger partial charge on any atom is -0.484 e. The first-order valence-electron chi connectivity index (χ1n) is 11.5. The third kappa shape index (κ3) is 8.80. The molecule has 0 bridgehead atoms. The highest BCUT2D eigenvalue weighted by molar-refractivity contribution is 7.92. The number of ether oxygens (including phenoxy) is 1. The third-order valence-electron chi connectivity index (χ3n) is 5.23. The van der Waals surface area contributed by atoms with Crippen LogP contribution in [0.5, 0.6) is 5.75 Å². The normalized spacial score (nSPS) is 11.5. The maximum Gasteiger partial charge on any atom is 0.260 e. The zero-order valence-electron chi connectivity index (χ0n) is 20.9. The number of amides is 2. The third-order valence-corrected chi connectivity index (χ3v) is 6.37. The summed E-state index contributed by atoms with van der Waals surface area (Å²) in [5, 5.41) is 6.59. The molecule has 3 rings (SSSR count). The Bertz CT molecular complexity index is 1300. The fourth-order valence-corrected chi connectivity index (χ4v) is 4.08. The van der Waals surface area contributed by atoms with Gasteiger partial charge in [0.1, 0.15) is 18.1 Å². The number of hydrogen-bond acceptors (Lipinski definition) is 7. The van der Waals surface area contributed by atoms with E-state index in [-0.39, 0.29) is 19.1 Å². The van der Waals surface area contributed by atoms with E-state index in [9.17, 15) is 18.0 Å². The van der Waals surface area contributed by atoms with Crippen molar-refractivity contribution in [3.63, 3.8) is 0 Å². The smallest absolute Gasteiger partial charge is 0.260 e. The van der Waals surface area contributed by atoms with Crippen molar-refractivity contribution in [2.45, 2.75) is 26.3 Å². The molecule has 11 heteroatoms. The van der Waals surface area contributed by atoms with Gasteiger partial charge in [0.15, 0.2) is 6.61 Å². The van der Waals surface area contributed by atoms with Gasteiger partial charge in [-0.05, 0) is 65.6 Å². The fraction of sp³-hybridized carbons (Fsp3) is 0.269. The van der Waals surface area contributed by atoms with Crippen LogP contribution < -0.4 is 19.8 Å². The van der Waals surface area contributed by atoms with E-state index in [2.05, 4.69) is 15.8 Å². The summed E-state index contributed by atoms with van der Waals surface area (Å²) in [5.74, 6) is 0.560. The quantitative estimate of drug-likeness (QED) is 0.276. The van der Waals surface area contributed by atoms with Gasteiger partial charge in [0.2, 0.25) is 10.0 Å². The van der Waals surface area contributed by atoms with Gasteiger partial charge in [-0.15, -0.1) is 0 Å². The van der Waals surface area contributed by atoms with Crippen LogP contribution in [0.4, 0.5) is 5.69 Å². The number of furan rings is 1. The van der Waals surface area contributed by atoms with Gasteiger partial charge in [0.05, 0.1) is 31.0 Å². The molecule has 0 aliphatic heterocycles. The van der Waals surface area contributed by atoms with Gasteiger partial charge in [-0.2, -0.15) is 5.10 Å². The van der Waals surface area contributed by atoms with Crippen molar-refractivity contribution < 1.29 is 27.2 Å². The van der Waals surface area contributed by atoms with Crippen LogP contribution in [-0.2, 0) is 26.2 Å². The van der Waals surface area contributed by atoms with E-state index in [1.807, 2.05) is 26.0 Å². The average molecular weight is 527 g/mol. The van der Waals surface area contributed by atoms with Crippen LogP contribution >= 0.6 is 0 Å². The summed E-state index contributed by atoms with van der Waals surface area (Å²) in [7, 11) is -3.68. The molecule has 10 nitrogen and oxygen atoms in total. The predicted octanol–water partition coefficient (Wildman–Crippen LogP) is 3.01. The first kappa shape index (κ1) is 27.5. The maximum atomic E-state index is 12.4. The molecule has 0 unspecified atom stereocenters. The zero-order chi connectivity index (χ0) is 26.8. The number of nitrogens with zero attached hydrogens (tertiary/aromatic N) is 2. The van der Waals surface area contributed by atoms with Gasteiger partial charge in [0.25, 0.3) is 11.8 Å². The number of sulfonamides is 1. The van der Waals surface area contributed by atoms with Crippen LogP contribution in [0.1, 0.15) is 36.7 Å². The molecule has 2 amide bonds. The molecule has 0 atom stereocenters. The monoisotopic (exact) mass is 526 g/mol. The van der Waals surface area contributed by atoms with Crippen LogP contribution in [0.3, 0.4) is 0 Å². The van der Waals surface area contributed by atoms with Gasteiger partial charge in [-0.1, -0.05) is 26.0 Å². The van der Waals surface area contributed by atoms with Crippen molar-refractivity contribution in [1.82, 2.24) is 10.7 Å². The van der Waals surface area contributed by atoms with Gasteiger partial charge in [-0.25, -0.2) is 13.8 Å². The van der Waals surface area contributed by atoms with Gasteiger partial charge in [0, 0.05) is 0 Å². The second kappa shape index (κ2) is 12.7. The molecular weight excluding hydrogens is 496 g/mol. The Hall–Kier alpha value is -4.12. The topological polar surface area (TPSA) is 130 Å². The molecule has 1 aromatic heterocycles. The summed E-state index contributed by atoms with van der Waals surface area (Å²) in [4.78, 5) is 24.2. The molecule has 0 saturated carbocycles. The van der Waals surface area contributed by atoms with Crippen molar-refractivity contribution >= 4 is 33.7 Å². The summed E-state index contributed by atoms with van der Waals surface area (Å²) in [6.07, 6.45) is 4.00. The van der Waals surface area contributed by atoms with E-state index in [4.69, 9.17) is 9.15 Å². The van der Waals surface area contributed by atoms with E-state index in [1.54, 1.807) is 48.5 Å². The van der Waals surface area contributed by atoms with E-state index < -0.39 is 22.5 Å². The second-order valence-electron chi connectivity index (χ2n) is 8.52. The highest BCUT2D eigenvalue weighted by Crippen LogP contribution is 2.21. The molecule has 37 heavy (non-hydrogen) atoms. The summed E-state index contributed by atoms with van der Waals surface area (Å²) >= 11 is 0. The van der Waals surface area contributed by atoms with Crippen molar-refractivity contribution in [3.8, 4) is 5.75 Å². The number of benzene rings is 2. The first-order chi connectivity index (χ1) is 17.6. The lowest BCUT2D eigenvalue weighted by molar-refractivity contribution is -0.123. The molecule has 3 aromatic rings. The molecule has 2 aromatic carbocycles. The Kier molecular flexibility index (Phi) is 9.45. The van der Waals surface area contributed by atoms with Crippen molar-refractivity contribution in [2.24, 2.45) is 5.10 Å². The molecule has 196 valence electrons. The van der Waals surface area contributed by atoms with Gasteiger partial charge >= 0.3 is 0 Å². The van der Waals surface area contributed by atoms with Crippen LogP contribution in [0.25, 0.3) is 0 Å². The van der Waals surface area contributed by atoms with E-state index in [1.165, 1.54) is 12.5 Å². The molecule has 0 fully saturated rings. The minimum absolute atomic E-state index is 0.152. The number of anilines is 1. The number of hydrazone groups is 1. The number of nitrogens with one attached hydrogen (secondary N) is 2. The van der Waals surface area contributed by atoms with E-state index in [0.29, 0.717) is 28.7 Å². The SMILES string of the molecule is CC(C)c1ccc(N(CC(=O)N/N=C\c2ccc(OCC(=O)NCc3ccco3)cc2)S(C)(=O)=O)cc1. The van der Waals surface area contributed by atoms with Gasteiger partial charge < -0.3 is 14.5 Å². The van der Waals surface area contributed by atoms with E-state index >= 15 is 0 Å². The number of carbonyl (C=O) groups excluding carboxylic acids is 2. The molecule has 0 aliphatic rings. The minimum atomic E-state index is -3.68. The lowest BCUT2D eigenvalue weighted by atomic mass is 10.0. The lowest BCUT2D eigenvalue weighted by Crippen LogP contribution is -2.39. The molecule has 0 spiro atoms. The van der Waals surface area contributed by atoms with Crippen LogP contribution in [0.15, 0.2) is 76.4 Å². The lowest BCUT2D eigenvalue weighted by Gasteiger charge is -2.21. The summed E-state index contributed by atoms with van der Waals surface area (Å²) in [6.45, 7) is 3.80. The number of hydrogen-bond donors (Lipinski definition) is 2. The average Bonchev–Trinajstić information content (AvgIpc) is 3.39. The fourth-order valence-electron chi connectivity index (χ4n) is 3.22. The molecule has 0 radical (unpaired) electrons. The highest BCUT2D eigenvalue weighted by Gasteiger charge is 2.20. The van der Waals surface area contributed by atoms with Crippen LogP contribution in [0, 0.1) is 0 Å². The Morgan fingerprint density at radius 3 is 2.35 bits per heavy atom. The molecular formula is C26H30N4O6S. The first-order valence-corrected chi connectivity index (χ1v) is 13.4. The van der Waals surface area contributed by atoms with Crippen molar-refractivity contribution in [2.75, 3.05) is 23.7 Å². The highest BCUT2D eigenvalue weighted by atomic mass is 32.2. The second-order valence-corrected chi connectivity index (χ2v) is 10.4. The van der Waals surface area contributed by atoms with Crippen molar-refractivity contribution in [3.05, 3.63) is 83.8 Å². The predicted molar refractivity (Wildman–Crippen MR) is 141 cm³/mol. The van der Waals surface area contributed by atoms with E-state index in [0.717, 1.165) is 16.1 Å². The maximum absolute atomic E-state index is 12.4. The summed E-state index contributed by atoms with van der Waals surface area (Å²) in [5.41, 5.74) is 4.48. The number of carbonyl (C=O) groups is 2. The Balaban J connectivity index is 1.48. The van der Waals surface area contributed by atoms with Crippen LogP contribution in [-0.4, -0.2) is 45.9 Å². The summed E-state index contributed by atoms with van der Waals surface area (Å²) in [6, 6.07) is 17.3. The standard InChI is InChI=1S/C26H30N4O6S/c1-19(2)21-8-10-22(11-9-21)30(37(3,33)34)17-25(31)29-28-15-20-6-12-23(13-7-20)36-18-26(32)27-16-24-5-4-14-35-24/h4-15,19H,16-18H2,1-3H3,(H,27,32)(H,29,31)/b28-15-. The largest absolute Gasteiger partial charge is 0.484 e. The van der Waals surface area contributed by atoms with Crippen molar-refractivity contribution in [1.29, 1.82) is 0 Å². The Morgan fingerprint density at radius 2 is 1.76 bits per heavy atom. The number of rotatable bonds is 12. The summed E-state index contributed by atoms with van der Waals surface area (Å²) < 4.78 is 36.2. The molecule has 2 N–H and O–H groups in total. The Morgan fingerprint density at radius 1 is 1.05 bits per heavy atom. The molecule has 0 aliphatic carbocycles. The Labute approximate surface area is 216 Å². The zero-order valence-corrected chi connectivity index (χ0v) is 21.7. The molecule has 1 heterocycles. The van der Waals surface area contributed by atoms with Crippen LogP contribution in [0.2, 0.25) is 0 Å². The van der Waals surface area contributed by atoms with Gasteiger partial charge in [-0.3, -0.25) is 13.9 Å².